The van der Waals surface area contributed by atoms with E-state index in [-0.39, 0.29) is 36.3 Å². The van der Waals surface area contributed by atoms with E-state index >= 15 is 0 Å². The van der Waals surface area contributed by atoms with Gasteiger partial charge in [0.15, 0.2) is 11.5 Å². The summed E-state index contributed by atoms with van der Waals surface area (Å²) >= 11 is 0. The van der Waals surface area contributed by atoms with E-state index in [9.17, 15) is 9.59 Å². The average molecular weight is 458 g/mol. The zero-order valence-electron chi connectivity index (χ0n) is 18.9. The number of fused-ring (bicyclic) bond motifs is 1. The number of ether oxygens (including phenoxy) is 2. The van der Waals surface area contributed by atoms with E-state index in [2.05, 4.69) is 15.5 Å². The van der Waals surface area contributed by atoms with E-state index in [1.165, 1.54) is 4.57 Å². The predicted octanol–water partition coefficient (Wildman–Crippen LogP) is 3.86. The number of aryl methyl sites for hydroxylation is 3. The maximum atomic E-state index is 13.4. The van der Waals surface area contributed by atoms with E-state index in [4.69, 9.17) is 14.0 Å². The average Bonchev–Trinajstić information content (AvgIpc) is 3.47. The van der Waals surface area contributed by atoms with Gasteiger partial charge in [0.2, 0.25) is 18.5 Å². The SMILES string of the molecule is Cc1ccccc1NC(=O)Cn1c(C)cc(C)c(-c2nc(-c3ccc4c(c3)OCO4)no2)c1=O. The van der Waals surface area contributed by atoms with Crippen molar-refractivity contribution in [1.82, 2.24) is 14.7 Å². The minimum atomic E-state index is -0.377. The molecule has 0 saturated heterocycles. The van der Waals surface area contributed by atoms with Crippen LogP contribution in [0.5, 0.6) is 11.5 Å². The number of amides is 1. The fourth-order valence-electron chi connectivity index (χ4n) is 3.91. The Balaban J connectivity index is 1.45. The lowest BCUT2D eigenvalue weighted by Crippen LogP contribution is -2.30. The van der Waals surface area contributed by atoms with Gasteiger partial charge in [-0.2, -0.15) is 4.98 Å². The molecule has 1 aliphatic heterocycles. The molecule has 2 aromatic carbocycles. The Morgan fingerprint density at radius 2 is 1.82 bits per heavy atom. The lowest BCUT2D eigenvalue weighted by Gasteiger charge is -2.14. The number of para-hydroxylation sites is 1. The molecule has 0 fully saturated rings. The highest BCUT2D eigenvalue weighted by Gasteiger charge is 2.22. The fraction of sp³-hybridized carbons (Fsp3) is 0.200. The molecule has 4 aromatic rings. The molecule has 0 unspecified atom stereocenters. The third kappa shape index (κ3) is 3.92. The lowest BCUT2D eigenvalue weighted by molar-refractivity contribution is -0.116. The van der Waals surface area contributed by atoms with Crippen LogP contribution in [0.15, 0.2) is 57.8 Å². The molecule has 0 bridgehead atoms. The Bertz CT molecular complexity index is 1470. The Labute approximate surface area is 195 Å². The first-order valence-electron chi connectivity index (χ1n) is 10.7. The summed E-state index contributed by atoms with van der Waals surface area (Å²) in [5, 5.41) is 6.90. The summed E-state index contributed by atoms with van der Waals surface area (Å²) in [7, 11) is 0. The van der Waals surface area contributed by atoms with E-state index in [0.717, 1.165) is 5.56 Å². The molecule has 0 radical (unpaired) electrons. The van der Waals surface area contributed by atoms with Gasteiger partial charge < -0.3 is 23.9 Å². The standard InChI is InChI=1S/C25H22N4O5/c1-14-6-4-5-7-18(14)26-21(30)12-29-16(3)10-15(2)22(25(29)31)24-27-23(28-34-24)17-8-9-19-20(11-17)33-13-32-19/h4-11H,12-13H2,1-3H3,(H,26,30). The summed E-state index contributed by atoms with van der Waals surface area (Å²) < 4.78 is 17.6. The summed E-state index contributed by atoms with van der Waals surface area (Å²) in [6, 6.07) is 14.6. The second-order valence-electron chi connectivity index (χ2n) is 8.09. The monoisotopic (exact) mass is 458 g/mol. The van der Waals surface area contributed by atoms with Crippen LogP contribution in [0.1, 0.15) is 16.8 Å². The molecule has 2 aromatic heterocycles. The number of aromatic nitrogens is 3. The number of carbonyl (C=O) groups is 1. The highest BCUT2D eigenvalue weighted by atomic mass is 16.7. The number of pyridine rings is 1. The van der Waals surface area contributed by atoms with Gasteiger partial charge in [-0.15, -0.1) is 0 Å². The first-order valence-corrected chi connectivity index (χ1v) is 10.7. The Morgan fingerprint density at radius 3 is 2.65 bits per heavy atom. The summed E-state index contributed by atoms with van der Waals surface area (Å²) in [6.07, 6.45) is 0. The van der Waals surface area contributed by atoms with Gasteiger partial charge in [0.1, 0.15) is 12.1 Å². The lowest BCUT2D eigenvalue weighted by atomic mass is 10.1. The number of hydrogen-bond donors (Lipinski definition) is 1. The van der Waals surface area contributed by atoms with E-state index in [1.54, 1.807) is 32.0 Å². The van der Waals surface area contributed by atoms with Crippen molar-refractivity contribution < 1.29 is 18.8 Å². The summed E-state index contributed by atoms with van der Waals surface area (Å²) in [6.45, 7) is 5.51. The van der Waals surface area contributed by atoms with Crippen LogP contribution >= 0.6 is 0 Å². The van der Waals surface area contributed by atoms with Crippen LogP contribution in [0.25, 0.3) is 22.8 Å². The van der Waals surface area contributed by atoms with Crippen molar-refractivity contribution >= 4 is 11.6 Å². The molecule has 0 atom stereocenters. The van der Waals surface area contributed by atoms with Gasteiger partial charge in [-0.25, -0.2) is 0 Å². The van der Waals surface area contributed by atoms with Gasteiger partial charge in [-0.1, -0.05) is 23.4 Å². The minimum absolute atomic E-state index is 0.0863. The number of rotatable bonds is 5. The van der Waals surface area contributed by atoms with E-state index in [0.29, 0.717) is 39.8 Å². The number of hydrogen-bond acceptors (Lipinski definition) is 7. The molecule has 1 aliphatic rings. The molecule has 0 spiro atoms. The molecule has 9 nitrogen and oxygen atoms in total. The van der Waals surface area contributed by atoms with Gasteiger partial charge in [0.05, 0.1) is 0 Å². The van der Waals surface area contributed by atoms with Crippen molar-refractivity contribution in [3.8, 4) is 34.3 Å². The third-order valence-corrected chi connectivity index (χ3v) is 5.70. The first kappa shape index (κ1) is 21.4. The van der Waals surface area contributed by atoms with Crippen molar-refractivity contribution in [2.45, 2.75) is 27.3 Å². The van der Waals surface area contributed by atoms with Crippen molar-refractivity contribution in [2.24, 2.45) is 0 Å². The number of anilines is 1. The number of carbonyl (C=O) groups excluding carboxylic acids is 1. The van der Waals surface area contributed by atoms with Crippen LogP contribution in [0.3, 0.4) is 0 Å². The molecule has 0 saturated carbocycles. The predicted molar refractivity (Wildman–Crippen MR) is 125 cm³/mol. The van der Waals surface area contributed by atoms with Crippen molar-refractivity contribution in [3.63, 3.8) is 0 Å². The zero-order chi connectivity index (χ0) is 23.8. The quantitative estimate of drug-likeness (QED) is 0.484. The van der Waals surface area contributed by atoms with Crippen molar-refractivity contribution in [2.75, 3.05) is 12.1 Å². The second kappa shape index (κ2) is 8.51. The molecule has 1 N–H and O–H groups in total. The van der Waals surface area contributed by atoms with Gasteiger partial charge >= 0.3 is 0 Å². The maximum Gasteiger partial charge on any atom is 0.264 e. The highest BCUT2D eigenvalue weighted by molar-refractivity contribution is 5.91. The first-order chi connectivity index (χ1) is 16.4. The van der Waals surface area contributed by atoms with Crippen molar-refractivity contribution in [3.05, 3.63) is 75.7 Å². The van der Waals surface area contributed by atoms with Crippen LogP contribution in [-0.4, -0.2) is 27.4 Å². The molecule has 34 heavy (non-hydrogen) atoms. The highest BCUT2D eigenvalue weighted by Crippen LogP contribution is 2.35. The van der Waals surface area contributed by atoms with Crippen LogP contribution in [0, 0.1) is 20.8 Å². The van der Waals surface area contributed by atoms with Crippen LogP contribution < -0.4 is 20.3 Å². The summed E-state index contributed by atoms with van der Waals surface area (Å²) in [5.74, 6) is 1.34. The maximum absolute atomic E-state index is 13.4. The largest absolute Gasteiger partial charge is 0.454 e. The minimum Gasteiger partial charge on any atom is -0.454 e. The molecule has 1 amide bonds. The molecular formula is C25H22N4O5. The number of nitrogens with one attached hydrogen (secondary N) is 1. The van der Waals surface area contributed by atoms with Gasteiger partial charge in [-0.05, 0) is 62.2 Å². The summed E-state index contributed by atoms with van der Waals surface area (Å²) in [5.41, 5.74) is 3.52. The number of benzene rings is 2. The van der Waals surface area contributed by atoms with Crippen LogP contribution in [-0.2, 0) is 11.3 Å². The Morgan fingerprint density at radius 1 is 1.03 bits per heavy atom. The van der Waals surface area contributed by atoms with E-state index in [1.807, 2.05) is 37.3 Å². The topological polar surface area (TPSA) is 108 Å². The summed E-state index contributed by atoms with van der Waals surface area (Å²) in [4.78, 5) is 30.5. The normalized spacial score (nSPS) is 12.1. The third-order valence-electron chi connectivity index (χ3n) is 5.70. The molecule has 3 heterocycles. The smallest absolute Gasteiger partial charge is 0.264 e. The molecular weight excluding hydrogens is 436 g/mol. The molecule has 172 valence electrons. The molecule has 9 heteroatoms. The van der Waals surface area contributed by atoms with Crippen molar-refractivity contribution in [1.29, 1.82) is 0 Å². The van der Waals surface area contributed by atoms with Gasteiger partial charge in [0, 0.05) is 16.9 Å². The Hall–Kier alpha value is -4.40. The van der Waals surface area contributed by atoms with E-state index < -0.39 is 0 Å². The van der Waals surface area contributed by atoms with Gasteiger partial charge in [-0.3, -0.25) is 9.59 Å². The fourth-order valence-corrected chi connectivity index (χ4v) is 3.91. The Kier molecular flexibility index (Phi) is 5.37. The van der Waals surface area contributed by atoms with Crippen LogP contribution in [0.4, 0.5) is 5.69 Å². The second-order valence-corrected chi connectivity index (χ2v) is 8.09. The van der Waals surface area contributed by atoms with Gasteiger partial charge in [0.25, 0.3) is 11.4 Å². The zero-order valence-corrected chi connectivity index (χ0v) is 18.9. The van der Waals surface area contributed by atoms with Crippen LogP contribution in [0.2, 0.25) is 0 Å². The molecule has 0 aliphatic carbocycles. The molecule has 5 rings (SSSR count). The number of nitrogens with zero attached hydrogens (tertiary/aromatic N) is 3.